The number of hydrazine groups is 1. The number of rotatable bonds is 6. The average Bonchev–Trinajstić information content (AvgIpc) is 3.34. The van der Waals surface area contributed by atoms with E-state index in [1.165, 1.54) is 0 Å². The van der Waals surface area contributed by atoms with Crippen molar-refractivity contribution in [1.29, 1.82) is 0 Å². The number of nitrogens with one attached hydrogen (secondary N) is 1. The van der Waals surface area contributed by atoms with Crippen molar-refractivity contribution >= 4 is 0 Å². The van der Waals surface area contributed by atoms with Gasteiger partial charge in [-0.1, -0.05) is 18.2 Å². The van der Waals surface area contributed by atoms with Gasteiger partial charge in [-0.05, 0) is 36.6 Å². The molecule has 0 amide bonds. The first-order chi connectivity index (χ1) is 10.3. The third-order valence-electron chi connectivity index (χ3n) is 3.51. The molecule has 0 saturated heterocycles. The van der Waals surface area contributed by atoms with Crippen molar-refractivity contribution in [3.8, 4) is 11.6 Å². The van der Waals surface area contributed by atoms with Crippen LogP contribution in [0, 0.1) is 0 Å². The third-order valence-corrected chi connectivity index (χ3v) is 3.51. The van der Waals surface area contributed by atoms with Gasteiger partial charge in [0.05, 0.1) is 19.3 Å². The quantitative estimate of drug-likeness (QED) is 0.629. The summed E-state index contributed by atoms with van der Waals surface area (Å²) in [5, 5.41) is 0. The molecular weight excluding hydrogens is 266 g/mol. The molecule has 1 fully saturated rings. The van der Waals surface area contributed by atoms with Crippen LogP contribution in [0.2, 0.25) is 0 Å². The zero-order chi connectivity index (χ0) is 14.7. The summed E-state index contributed by atoms with van der Waals surface area (Å²) in [6.45, 7) is 0. The Labute approximate surface area is 124 Å². The van der Waals surface area contributed by atoms with E-state index in [2.05, 4.69) is 10.4 Å². The van der Waals surface area contributed by atoms with Crippen LogP contribution in [-0.4, -0.2) is 18.2 Å². The Morgan fingerprint density at radius 1 is 1.24 bits per heavy atom. The monoisotopic (exact) mass is 285 g/mol. The molecule has 1 heterocycles. The minimum Gasteiger partial charge on any atom is -0.490 e. The smallest absolute Gasteiger partial charge is 0.218 e. The van der Waals surface area contributed by atoms with Gasteiger partial charge in [-0.3, -0.25) is 5.84 Å². The van der Waals surface area contributed by atoms with Crippen molar-refractivity contribution in [3.63, 3.8) is 0 Å². The van der Waals surface area contributed by atoms with E-state index in [0.29, 0.717) is 12.0 Å². The highest BCUT2D eigenvalue weighted by Crippen LogP contribution is 2.30. The molecule has 5 nitrogen and oxygen atoms in total. The SMILES string of the molecule is COc1ncccc1C(NN)c1ccc(OC2CC2)cc1. The first kappa shape index (κ1) is 13.9. The molecule has 5 heteroatoms. The molecule has 110 valence electrons. The highest BCUT2D eigenvalue weighted by atomic mass is 16.5. The van der Waals surface area contributed by atoms with Crippen molar-refractivity contribution in [3.05, 3.63) is 53.7 Å². The minimum atomic E-state index is -0.177. The first-order valence-corrected chi connectivity index (χ1v) is 7.03. The van der Waals surface area contributed by atoms with Gasteiger partial charge in [-0.25, -0.2) is 10.4 Å². The highest BCUT2D eigenvalue weighted by molar-refractivity contribution is 5.39. The lowest BCUT2D eigenvalue weighted by atomic mass is 10.0. The third kappa shape index (κ3) is 3.15. The van der Waals surface area contributed by atoms with Gasteiger partial charge >= 0.3 is 0 Å². The van der Waals surface area contributed by atoms with Gasteiger partial charge in [-0.15, -0.1) is 0 Å². The predicted octanol–water partition coefficient (Wildman–Crippen LogP) is 2.18. The Kier molecular flexibility index (Phi) is 4.03. The van der Waals surface area contributed by atoms with Crippen LogP contribution in [0.15, 0.2) is 42.6 Å². The lowest BCUT2D eigenvalue weighted by molar-refractivity contribution is 0.303. The van der Waals surface area contributed by atoms with E-state index >= 15 is 0 Å². The number of ether oxygens (including phenoxy) is 2. The fourth-order valence-electron chi connectivity index (χ4n) is 2.28. The minimum absolute atomic E-state index is 0.177. The summed E-state index contributed by atoms with van der Waals surface area (Å²) in [6.07, 6.45) is 4.41. The number of nitrogens with zero attached hydrogens (tertiary/aromatic N) is 1. The fraction of sp³-hybridized carbons (Fsp3) is 0.312. The van der Waals surface area contributed by atoms with E-state index in [-0.39, 0.29) is 6.04 Å². The van der Waals surface area contributed by atoms with Gasteiger partial charge in [0.25, 0.3) is 0 Å². The molecule has 1 atom stereocenters. The van der Waals surface area contributed by atoms with Crippen molar-refractivity contribution in [2.45, 2.75) is 25.0 Å². The lowest BCUT2D eigenvalue weighted by Gasteiger charge is -2.19. The van der Waals surface area contributed by atoms with Crippen LogP contribution in [0.5, 0.6) is 11.6 Å². The molecule has 1 saturated carbocycles. The predicted molar refractivity (Wildman–Crippen MR) is 80.0 cm³/mol. The number of benzene rings is 1. The molecule has 0 spiro atoms. The summed E-state index contributed by atoms with van der Waals surface area (Å²) in [6, 6.07) is 11.6. The second-order valence-corrected chi connectivity index (χ2v) is 5.09. The Morgan fingerprint density at radius 3 is 2.62 bits per heavy atom. The molecular formula is C16H19N3O2. The molecule has 1 unspecified atom stereocenters. The fourth-order valence-corrected chi connectivity index (χ4v) is 2.28. The van der Waals surface area contributed by atoms with Gasteiger partial charge in [-0.2, -0.15) is 0 Å². The van der Waals surface area contributed by atoms with Crippen LogP contribution in [-0.2, 0) is 0 Å². The molecule has 1 aliphatic rings. The first-order valence-electron chi connectivity index (χ1n) is 7.03. The maximum Gasteiger partial charge on any atom is 0.218 e. The maximum absolute atomic E-state index is 5.76. The molecule has 1 aliphatic carbocycles. The Bertz CT molecular complexity index is 597. The van der Waals surface area contributed by atoms with Crippen LogP contribution in [0.3, 0.4) is 0 Å². The molecule has 0 radical (unpaired) electrons. The summed E-state index contributed by atoms with van der Waals surface area (Å²) in [5.74, 6) is 7.19. The average molecular weight is 285 g/mol. The molecule has 21 heavy (non-hydrogen) atoms. The summed E-state index contributed by atoms with van der Waals surface area (Å²) < 4.78 is 11.1. The van der Waals surface area contributed by atoms with Crippen LogP contribution >= 0.6 is 0 Å². The molecule has 1 aromatic heterocycles. The maximum atomic E-state index is 5.76. The van der Waals surface area contributed by atoms with Crippen molar-refractivity contribution in [2.75, 3.05) is 7.11 Å². The molecule has 0 bridgehead atoms. The molecule has 2 aromatic rings. The van der Waals surface area contributed by atoms with Crippen LogP contribution < -0.4 is 20.7 Å². The second-order valence-electron chi connectivity index (χ2n) is 5.09. The molecule has 0 aliphatic heterocycles. The van der Waals surface area contributed by atoms with E-state index in [1.807, 2.05) is 36.4 Å². The van der Waals surface area contributed by atoms with E-state index in [0.717, 1.165) is 29.7 Å². The normalized spacial score (nSPS) is 15.5. The number of methoxy groups -OCH3 is 1. The van der Waals surface area contributed by atoms with Gasteiger partial charge in [0, 0.05) is 11.8 Å². The number of aromatic nitrogens is 1. The zero-order valence-corrected chi connectivity index (χ0v) is 12.0. The number of pyridine rings is 1. The lowest BCUT2D eigenvalue weighted by Crippen LogP contribution is -2.29. The highest BCUT2D eigenvalue weighted by Gasteiger charge is 2.23. The van der Waals surface area contributed by atoms with Gasteiger partial charge in [0.15, 0.2) is 0 Å². The number of nitrogens with two attached hydrogens (primary N) is 1. The standard InChI is InChI=1S/C16H19N3O2/c1-20-16-14(3-2-10-18-16)15(19-17)11-4-6-12(7-5-11)21-13-8-9-13/h2-7,10,13,15,19H,8-9,17H2,1H3. The topological polar surface area (TPSA) is 69.4 Å². The zero-order valence-electron chi connectivity index (χ0n) is 12.0. The number of hydrogen-bond donors (Lipinski definition) is 2. The Balaban J connectivity index is 1.84. The largest absolute Gasteiger partial charge is 0.490 e. The van der Waals surface area contributed by atoms with Crippen molar-refractivity contribution in [2.24, 2.45) is 5.84 Å². The Morgan fingerprint density at radius 2 is 2.00 bits per heavy atom. The number of hydrogen-bond acceptors (Lipinski definition) is 5. The molecule has 1 aromatic carbocycles. The summed E-state index contributed by atoms with van der Waals surface area (Å²) >= 11 is 0. The second kappa shape index (κ2) is 6.11. The summed E-state index contributed by atoms with van der Waals surface area (Å²) in [7, 11) is 1.60. The van der Waals surface area contributed by atoms with Crippen LogP contribution in [0.4, 0.5) is 0 Å². The van der Waals surface area contributed by atoms with E-state index in [1.54, 1.807) is 13.3 Å². The van der Waals surface area contributed by atoms with Crippen LogP contribution in [0.25, 0.3) is 0 Å². The van der Waals surface area contributed by atoms with Crippen molar-refractivity contribution < 1.29 is 9.47 Å². The van der Waals surface area contributed by atoms with Gasteiger partial charge in [0.2, 0.25) is 5.88 Å². The van der Waals surface area contributed by atoms with Gasteiger partial charge in [0.1, 0.15) is 5.75 Å². The van der Waals surface area contributed by atoms with Gasteiger partial charge < -0.3 is 9.47 Å². The molecule has 3 rings (SSSR count). The van der Waals surface area contributed by atoms with Crippen molar-refractivity contribution in [1.82, 2.24) is 10.4 Å². The van der Waals surface area contributed by atoms with Crippen LogP contribution in [0.1, 0.15) is 30.0 Å². The van der Waals surface area contributed by atoms with E-state index in [4.69, 9.17) is 15.3 Å². The molecule has 3 N–H and O–H groups in total. The Hall–Kier alpha value is -2.11. The summed E-state index contributed by atoms with van der Waals surface area (Å²) in [5.41, 5.74) is 4.76. The van der Waals surface area contributed by atoms with E-state index in [9.17, 15) is 0 Å². The van der Waals surface area contributed by atoms with E-state index < -0.39 is 0 Å². The summed E-state index contributed by atoms with van der Waals surface area (Å²) in [4.78, 5) is 4.21.